The van der Waals surface area contributed by atoms with Crippen molar-refractivity contribution in [3.8, 4) is 0 Å². The van der Waals surface area contributed by atoms with Gasteiger partial charge in [0.2, 0.25) is 5.91 Å². The Morgan fingerprint density at radius 1 is 1.26 bits per heavy atom. The Morgan fingerprint density at radius 3 is 2.68 bits per heavy atom. The number of hydrogen-bond acceptors (Lipinski definition) is 5. The average molecular weight is 266 g/mol. The van der Waals surface area contributed by atoms with Gasteiger partial charge in [-0.15, -0.1) is 0 Å². The van der Waals surface area contributed by atoms with E-state index in [1.54, 1.807) is 18.2 Å². The molecular weight excluding hydrogens is 248 g/mol. The minimum absolute atomic E-state index is 0.0121. The molecule has 1 rings (SSSR count). The highest BCUT2D eigenvalue weighted by atomic mass is 16.6. The van der Waals surface area contributed by atoms with E-state index in [-0.39, 0.29) is 18.0 Å². The van der Waals surface area contributed by atoms with E-state index >= 15 is 0 Å². The van der Waals surface area contributed by atoms with Crippen molar-refractivity contribution in [3.63, 3.8) is 0 Å². The second-order valence-electron chi connectivity index (χ2n) is 3.90. The van der Waals surface area contributed by atoms with Gasteiger partial charge in [0.1, 0.15) is 5.69 Å². The molecule has 7 nitrogen and oxygen atoms in total. The molecule has 1 aromatic carbocycles. The quantitative estimate of drug-likeness (QED) is 0.366. The van der Waals surface area contributed by atoms with Gasteiger partial charge in [-0.25, -0.2) is 0 Å². The van der Waals surface area contributed by atoms with Crippen LogP contribution >= 0.6 is 0 Å². The van der Waals surface area contributed by atoms with Gasteiger partial charge in [0, 0.05) is 32.1 Å². The van der Waals surface area contributed by atoms with E-state index in [9.17, 15) is 14.9 Å². The molecule has 0 aliphatic carbocycles. The van der Waals surface area contributed by atoms with Gasteiger partial charge >= 0.3 is 0 Å². The van der Waals surface area contributed by atoms with Crippen molar-refractivity contribution in [2.24, 2.45) is 0 Å². The first kappa shape index (κ1) is 14.9. The number of nitrogens with one attached hydrogen (secondary N) is 3. The number of nitro benzene ring substituents is 1. The van der Waals surface area contributed by atoms with E-state index < -0.39 is 4.92 Å². The molecule has 0 unspecified atom stereocenters. The van der Waals surface area contributed by atoms with E-state index in [1.807, 2.05) is 7.05 Å². The molecule has 0 saturated heterocycles. The first-order valence-corrected chi connectivity index (χ1v) is 6.03. The number of amides is 1. The number of anilines is 1. The lowest BCUT2D eigenvalue weighted by atomic mass is 10.2. The van der Waals surface area contributed by atoms with Crippen LogP contribution in [0.4, 0.5) is 11.4 Å². The van der Waals surface area contributed by atoms with Gasteiger partial charge in [-0.2, -0.15) is 0 Å². The zero-order valence-corrected chi connectivity index (χ0v) is 10.8. The minimum atomic E-state index is -0.449. The van der Waals surface area contributed by atoms with Crippen LogP contribution in [0.2, 0.25) is 0 Å². The summed E-state index contributed by atoms with van der Waals surface area (Å²) >= 11 is 0. The largest absolute Gasteiger partial charge is 0.379 e. The zero-order chi connectivity index (χ0) is 14.1. The predicted molar refractivity (Wildman–Crippen MR) is 73.1 cm³/mol. The molecule has 0 atom stereocenters. The Morgan fingerprint density at radius 2 is 2.00 bits per heavy atom. The summed E-state index contributed by atoms with van der Waals surface area (Å²) in [5, 5.41) is 19.3. The molecule has 0 heterocycles. The first-order valence-electron chi connectivity index (χ1n) is 6.03. The maximum absolute atomic E-state index is 11.4. The Bertz CT molecular complexity index is 437. The van der Waals surface area contributed by atoms with E-state index in [2.05, 4.69) is 16.0 Å². The molecule has 0 radical (unpaired) electrons. The summed E-state index contributed by atoms with van der Waals surface area (Å²) in [6.45, 7) is 1.64. The highest BCUT2D eigenvalue weighted by molar-refractivity contribution is 5.76. The molecule has 7 heteroatoms. The van der Waals surface area contributed by atoms with Crippen LogP contribution in [0.25, 0.3) is 0 Å². The van der Waals surface area contributed by atoms with Crippen molar-refractivity contribution in [2.45, 2.75) is 6.42 Å². The molecule has 0 aromatic heterocycles. The standard InChI is InChI=1S/C12H18N4O3/c1-13-8-9-15-12(17)6-7-14-10-4-2-3-5-11(10)16(18)19/h2-5,13-14H,6-9H2,1H3,(H,15,17). The van der Waals surface area contributed by atoms with Gasteiger partial charge < -0.3 is 16.0 Å². The number of nitrogens with zero attached hydrogens (tertiary/aromatic N) is 1. The van der Waals surface area contributed by atoms with Crippen molar-refractivity contribution < 1.29 is 9.72 Å². The van der Waals surface area contributed by atoms with Crippen molar-refractivity contribution in [3.05, 3.63) is 34.4 Å². The number of likely N-dealkylation sites (N-methyl/N-ethyl adjacent to an activating group) is 1. The number of nitro groups is 1. The van der Waals surface area contributed by atoms with E-state index in [0.717, 1.165) is 0 Å². The molecule has 1 amide bonds. The lowest BCUT2D eigenvalue weighted by Crippen LogP contribution is -2.31. The van der Waals surface area contributed by atoms with Crippen molar-refractivity contribution in [2.75, 3.05) is 32.0 Å². The number of hydrogen-bond donors (Lipinski definition) is 3. The second kappa shape index (κ2) is 8.04. The molecule has 0 aliphatic rings. The number of carbonyl (C=O) groups is 1. The summed E-state index contributed by atoms with van der Waals surface area (Å²) in [4.78, 5) is 21.7. The summed E-state index contributed by atoms with van der Waals surface area (Å²) in [7, 11) is 1.81. The lowest BCUT2D eigenvalue weighted by Gasteiger charge is -2.07. The number of benzene rings is 1. The van der Waals surface area contributed by atoms with Crippen LogP contribution in [-0.2, 0) is 4.79 Å². The smallest absolute Gasteiger partial charge is 0.292 e. The normalized spacial score (nSPS) is 9.95. The summed E-state index contributed by atoms with van der Waals surface area (Å²) < 4.78 is 0. The van der Waals surface area contributed by atoms with Gasteiger partial charge in [0.15, 0.2) is 0 Å². The topological polar surface area (TPSA) is 96.3 Å². The highest BCUT2D eigenvalue weighted by Crippen LogP contribution is 2.22. The van der Waals surface area contributed by atoms with Crippen molar-refractivity contribution >= 4 is 17.3 Å². The molecule has 0 saturated carbocycles. The first-order chi connectivity index (χ1) is 9.15. The van der Waals surface area contributed by atoms with Crippen LogP contribution in [-0.4, -0.2) is 37.5 Å². The third-order valence-electron chi connectivity index (χ3n) is 2.47. The second-order valence-corrected chi connectivity index (χ2v) is 3.90. The fourth-order valence-corrected chi connectivity index (χ4v) is 1.51. The Balaban J connectivity index is 2.37. The van der Waals surface area contributed by atoms with E-state index in [0.29, 0.717) is 25.3 Å². The molecular formula is C12H18N4O3. The molecule has 1 aromatic rings. The van der Waals surface area contributed by atoms with Crippen LogP contribution in [0.15, 0.2) is 24.3 Å². The summed E-state index contributed by atoms with van der Waals surface area (Å²) in [5.74, 6) is -0.0821. The van der Waals surface area contributed by atoms with Gasteiger partial charge in [0.25, 0.3) is 5.69 Å². The van der Waals surface area contributed by atoms with Crippen LogP contribution in [0.1, 0.15) is 6.42 Å². The van der Waals surface area contributed by atoms with Gasteiger partial charge in [-0.05, 0) is 13.1 Å². The fraction of sp³-hybridized carbons (Fsp3) is 0.417. The Hall–Kier alpha value is -2.15. The summed E-state index contributed by atoms with van der Waals surface area (Å²) in [6, 6.07) is 6.36. The van der Waals surface area contributed by atoms with Crippen LogP contribution in [0.5, 0.6) is 0 Å². The van der Waals surface area contributed by atoms with Crippen LogP contribution in [0, 0.1) is 10.1 Å². The monoisotopic (exact) mass is 266 g/mol. The van der Waals surface area contributed by atoms with Crippen LogP contribution < -0.4 is 16.0 Å². The number of rotatable bonds is 8. The highest BCUT2D eigenvalue weighted by Gasteiger charge is 2.11. The van der Waals surface area contributed by atoms with Gasteiger partial charge in [-0.3, -0.25) is 14.9 Å². The Labute approximate surface area is 111 Å². The zero-order valence-electron chi connectivity index (χ0n) is 10.8. The molecule has 3 N–H and O–H groups in total. The maximum atomic E-state index is 11.4. The SMILES string of the molecule is CNCCNC(=O)CCNc1ccccc1[N+](=O)[O-]. The fourth-order valence-electron chi connectivity index (χ4n) is 1.51. The van der Waals surface area contributed by atoms with Gasteiger partial charge in [-0.1, -0.05) is 12.1 Å². The molecule has 0 spiro atoms. The molecule has 0 fully saturated rings. The van der Waals surface area contributed by atoms with Crippen molar-refractivity contribution in [1.29, 1.82) is 0 Å². The third-order valence-corrected chi connectivity index (χ3v) is 2.47. The van der Waals surface area contributed by atoms with Crippen LogP contribution in [0.3, 0.4) is 0 Å². The predicted octanol–water partition coefficient (Wildman–Crippen LogP) is 0.732. The summed E-state index contributed by atoms with van der Waals surface area (Å²) in [5.41, 5.74) is 0.439. The number of carbonyl (C=O) groups excluding carboxylic acids is 1. The summed E-state index contributed by atoms with van der Waals surface area (Å²) in [6.07, 6.45) is 0.274. The molecule has 0 bridgehead atoms. The van der Waals surface area contributed by atoms with E-state index in [1.165, 1.54) is 6.07 Å². The third kappa shape index (κ3) is 5.35. The van der Waals surface area contributed by atoms with Crippen molar-refractivity contribution in [1.82, 2.24) is 10.6 Å². The number of para-hydroxylation sites is 2. The molecule has 0 aliphatic heterocycles. The lowest BCUT2D eigenvalue weighted by molar-refractivity contribution is -0.384. The average Bonchev–Trinajstić information content (AvgIpc) is 2.39. The van der Waals surface area contributed by atoms with Gasteiger partial charge in [0.05, 0.1) is 4.92 Å². The van der Waals surface area contributed by atoms with E-state index in [4.69, 9.17) is 0 Å². The molecule has 19 heavy (non-hydrogen) atoms. The molecule has 104 valence electrons. The Kier molecular flexibility index (Phi) is 6.31. The maximum Gasteiger partial charge on any atom is 0.292 e. The minimum Gasteiger partial charge on any atom is -0.379 e.